The van der Waals surface area contributed by atoms with Gasteiger partial charge in [-0.05, 0) is 49.1 Å². The van der Waals surface area contributed by atoms with Crippen LogP contribution in [0, 0.1) is 17.6 Å². The number of sulfonamides is 1. The molecule has 2 saturated heterocycles. The summed E-state index contributed by atoms with van der Waals surface area (Å²) in [6, 6.07) is 8.18. The van der Waals surface area contributed by atoms with E-state index >= 15 is 0 Å². The lowest BCUT2D eigenvalue weighted by molar-refractivity contribution is 0.0595. The number of hydrogen-bond donors (Lipinski definition) is 0. The second-order valence-corrected chi connectivity index (χ2v) is 12.4. The highest BCUT2D eigenvalue weighted by Crippen LogP contribution is 2.32. The topological polar surface area (TPSA) is 79.8 Å². The van der Waals surface area contributed by atoms with Crippen molar-refractivity contribution < 1.29 is 26.7 Å². The van der Waals surface area contributed by atoms with Gasteiger partial charge in [0.1, 0.15) is 17.4 Å². The summed E-state index contributed by atoms with van der Waals surface area (Å²) in [6.45, 7) is 4.09. The van der Waals surface area contributed by atoms with Gasteiger partial charge in [-0.15, -0.1) is 0 Å². The zero-order chi connectivity index (χ0) is 25.4. The van der Waals surface area contributed by atoms with Crippen molar-refractivity contribution in [2.24, 2.45) is 5.92 Å². The normalized spacial score (nSPS) is 18.6. The summed E-state index contributed by atoms with van der Waals surface area (Å²) in [7, 11) is -3.56. The second-order valence-electron chi connectivity index (χ2n) is 9.43. The van der Waals surface area contributed by atoms with Gasteiger partial charge in [0, 0.05) is 50.7 Å². The molecule has 1 amide bonds. The second kappa shape index (κ2) is 10.0. The number of amides is 1. The summed E-state index contributed by atoms with van der Waals surface area (Å²) in [4.78, 5) is 19.0. The fraction of sp³-hybridized carbons (Fsp3) is 0.440. The van der Waals surface area contributed by atoms with Gasteiger partial charge in [0.2, 0.25) is 10.0 Å². The van der Waals surface area contributed by atoms with E-state index in [1.165, 1.54) is 22.5 Å². The van der Waals surface area contributed by atoms with E-state index in [-0.39, 0.29) is 27.6 Å². The first-order valence-corrected chi connectivity index (χ1v) is 14.3. The van der Waals surface area contributed by atoms with Gasteiger partial charge in [-0.1, -0.05) is 18.3 Å². The lowest BCUT2D eigenvalue weighted by Gasteiger charge is -2.31. The molecule has 0 saturated carbocycles. The van der Waals surface area contributed by atoms with E-state index in [9.17, 15) is 22.0 Å². The first-order chi connectivity index (χ1) is 17.2. The number of rotatable bonds is 5. The molecule has 36 heavy (non-hydrogen) atoms. The van der Waals surface area contributed by atoms with Crippen LogP contribution in [0.15, 0.2) is 41.3 Å². The Kier molecular flexibility index (Phi) is 6.97. The highest BCUT2D eigenvalue weighted by molar-refractivity contribution is 7.89. The molecule has 2 fully saturated rings. The predicted molar refractivity (Wildman–Crippen MR) is 133 cm³/mol. The molecule has 2 aliphatic rings. The summed E-state index contributed by atoms with van der Waals surface area (Å²) in [6.07, 6.45) is 2.65. The van der Waals surface area contributed by atoms with E-state index in [0.717, 1.165) is 30.2 Å². The Morgan fingerprint density at radius 3 is 2.36 bits per heavy atom. The van der Waals surface area contributed by atoms with Crippen LogP contribution in [0.2, 0.25) is 0 Å². The zero-order valence-electron chi connectivity index (χ0n) is 19.8. The molecule has 11 heteroatoms. The first kappa shape index (κ1) is 25.0. The van der Waals surface area contributed by atoms with E-state index in [2.05, 4.69) is 11.9 Å². The van der Waals surface area contributed by atoms with Crippen molar-refractivity contribution in [1.29, 1.82) is 0 Å². The summed E-state index contributed by atoms with van der Waals surface area (Å²) >= 11 is 1.09. The Balaban J connectivity index is 1.18. The van der Waals surface area contributed by atoms with Crippen molar-refractivity contribution >= 4 is 37.5 Å². The summed E-state index contributed by atoms with van der Waals surface area (Å²) in [5.41, 5.74) is 0.522. The van der Waals surface area contributed by atoms with Crippen molar-refractivity contribution in [3.63, 3.8) is 0 Å². The van der Waals surface area contributed by atoms with Gasteiger partial charge < -0.3 is 9.64 Å². The van der Waals surface area contributed by atoms with Gasteiger partial charge in [0.25, 0.3) is 11.1 Å². The molecule has 0 bridgehead atoms. The molecule has 5 rings (SSSR count). The van der Waals surface area contributed by atoms with Crippen LogP contribution in [0.5, 0.6) is 5.19 Å². The van der Waals surface area contributed by atoms with E-state index < -0.39 is 21.7 Å². The quantitative estimate of drug-likeness (QED) is 0.474. The number of carbonyl (C=O) groups excluding carboxylic acids is 1. The third-order valence-electron chi connectivity index (χ3n) is 6.87. The monoisotopic (exact) mass is 535 g/mol. The molecule has 0 N–H and O–H groups in total. The summed E-state index contributed by atoms with van der Waals surface area (Å²) in [5, 5.41) is 0.277. The van der Waals surface area contributed by atoms with Crippen LogP contribution in [-0.2, 0) is 10.0 Å². The number of likely N-dealkylation sites (tertiary alicyclic amines) is 1. The molecule has 2 aliphatic heterocycles. The molecule has 1 aromatic heterocycles. The highest BCUT2D eigenvalue weighted by Gasteiger charge is 2.29. The number of thiazole rings is 1. The van der Waals surface area contributed by atoms with Crippen LogP contribution in [-0.4, -0.2) is 60.8 Å². The highest BCUT2D eigenvalue weighted by atomic mass is 32.2. The molecular weight excluding hydrogens is 508 g/mol. The van der Waals surface area contributed by atoms with Crippen LogP contribution in [0.3, 0.4) is 0 Å². The standard InChI is InChI=1S/C25H27F2N3O4S2/c1-16-6-12-30(13-7-16)36(32,33)20-4-2-17(3-5-20)24(31)29-10-8-19(9-11-29)34-25-28-23-21(27)14-18(26)15-22(23)35-25/h2-5,14-16,19H,6-13H2,1H3. The number of fused-ring (bicyclic) bond motifs is 1. The van der Waals surface area contributed by atoms with Crippen LogP contribution in [0.4, 0.5) is 8.78 Å². The average molecular weight is 536 g/mol. The van der Waals surface area contributed by atoms with Crippen molar-refractivity contribution in [2.45, 2.75) is 43.6 Å². The number of benzene rings is 2. The molecule has 2 aromatic carbocycles. The van der Waals surface area contributed by atoms with Crippen molar-refractivity contribution in [2.75, 3.05) is 26.2 Å². The summed E-state index contributed by atoms with van der Waals surface area (Å²) in [5.74, 6) is -1.02. The van der Waals surface area contributed by atoms with Gasteiger partial charge >= 0.3 is 0 Å². The first-order valence-electron chi connectivity index (χ1n) is 12.0. The number of halogens is 2. The van der Waals surface area contributed by atoms with Crippen molar-refractivity contribution in [3.05, 3.63) is 53.6 Å². The Morgan fingerprint density at radius 1 is 1.03 bits per heavy atom. The SMILES string of the molecule is CC1CCN(S(=O)(=O)c2ccc(C(=O)N3CCC(Oc4nc5c(F)cc(F)cc5s4)CC3)cc2)CC1. The van der Waals surface area contributed by atoms with E-state index in [1.807, 2.05) is 0 Å². The van der Waals surface area contributed by atoms with Gasteiger partial charge in [0.15, 0.2) is 5.82 Å². The van der Waals surface area contributed by atoms with Gasteiger partial charge in [-0.25, -0.2) is 17.2 Å². The van der Waals surface area contributed by atoms with Crippen LogP contribution in [0.25, 0.3) is 10.2 Å². The Hall–Kier alpha value is -2.63. The van der Waals surface area contributed by atoms with Crippen molar-refractivity contribution in [1.82, 2.24) is 14.2 Å². The molecule has 0 aliphatic carbocycles. The molecule has 0 unspecified atom stereocenters. The maximum Gasteiger partial charge on any atom is 0.274 e. The zero-order valence-corrected chi connectivity index (χ0v) is 21.5. The lowest BCUT2D eigenvalue weighted by atomic mass is 10.0. The Labute approximate surface area is 212 Å². The number of ether oxygens (including phenoxy) is 1. The number of nitrogens with zero attached hydrogens (tertiary/aromatic N) is 3. The maximum atomic E-state index is 13.9. The van der Waals surface area contributed by atoms with E-state index in [0.29, 0.717) is 55.2 Å². The lowest BCUT2D eigenvalue weighted by Crippen LogP contribution is -2.41. The van der Waals surface area contributed by atoms with Crippen molar-refractivity contribution in [3.8, 4) is 5.19 Å². The molecule has 0 radical (unpaired) electrons. The fourth-order valence-electron chi connectivity index (χ4n) is 4.63. The largest absolute Gasteiger partial charge is 0.467 e. The number of aromatic nitrogens is 1. The molecule has 3 aromatic rings. The Morgan fingerprint density at radius 2 is 1.69 bits per heavy atom. The van der Waals surface area contributed by atoms with Crippen LogP contribution in [0.1, 0.15) is 43.0 Å². The maximum absolute atomic E-state index is 13.9. The predicted octanol–water partition coefficient (Wildman–Crippen LogP) is 4.68. The smallest absolute Gasteiger partial charge is 0.274 e. The number of piperidine rings is 2. The number of hydrogen-bond acceptors (Lipinski definition) is 6. The van der Waals surface area contributed by atoms with E-state index in [4.69, 9.17) is 4.74 Å². The molecular formula is C25H27F2N3O4S2. The fourth-order valence-corrected chi connectivity index (χ4v) is 7.02. The van der Waals surface area contributed by atoms with Gasteiger partial charge in [0.05, 0.1) is 9.60 Å². The molecule has 3 heterocycles. The minimum absolute atomic E-state index is 0.0873. The molecule has 192 valence electrons. The third kappa shape index (κ3) is 5.09. The van der Waals surface area contributed by atoms with Gasteiger partial charge in [-0.2, -0.15) is 9.29 Å². The van der Waals surface area contributed by atoms with Gasteiger partial charge in [-0.3, -0.25) is 4.79 Å². The van der Waals surface area contributed by atoms with E-state index in [1.54, 1.807) is 17.0 Å². The summed E-state index contributed by atoms with van der Waals surface area (Å²) < 4.78 is 61.0. The van der Waals surface area contributed by atoms with Crippen LogP contribution >= 0.6 is 11.3 Å². The average Bonchev–Trinajstić information content (AvgIpc) is 3.27. The van der Waals surface area contributed by atoms with Crippen LogP contribution < -0.4 is 4.74 Å². The minimum atomic E-state index is -3.56. The molecule has 0 spiro atoms. The minimum Gasteiger partial charge on any atom is -0.467 e. The molecule has 0 atom stereocenters. The number of carbonyl (C=O) groups is 1. The Bertz CT molecular complexity index is 1360. The third-order valence-corrected chi connectivity index (χ3v) is 9.68. The molecule has 7 nitrogen and oxygen atoms in total.